The fourth-order valence-electron chi connectivity index (χ4n) is 2.82. The van der Waals surface area contributed by atoms with E-state index in [-0.39, 0.29) is 6.61 Å². The Hall–Kier alpha value is -2.06. The zero-order valence-electron chi connectivity index (χ0n) is 16.2. The van der Waals surface area contributed by atoms with Crippen LogP contribution in [0.1, 0.15) is 11.3 Å². The second-order valence-electron chi connectivity index (χ2n) is 6.13. The zero-order chi connectivity index (χ0) is 19.5. The van der Waals surface area contributed by atoms with E-state index in [1.807, 2.05) is 30.3 Å². The van der Waals surface area contributed by atoms with Crippen LogP contribution in [0.4, 0.5) is 0 Å². The number of aliphatic hydroxyl groups excluding tert-OH is 1. The van der Waals surface area contributed by atoms with Gasteiger partial charge in [0, 0.05) is 32.3 Å². The van der Waals surface area contributed by atoms with Gasteiger partial charge >= 0.3 is 0 Å². The Morgan fingerprint density at radius 1 is 1.11 bits per heavy atom. The zero-order valence-corrected chi connectivity index (χ0v) is 16.2. The Morgan fingerprint density at radius 3 is 2.63 bits per heavy atom. The molecule has 1 aromatic heterocycles. The number of hydrogen-bond acceptors (Lipinski definition) is 7. The van der Waals surface area contributed by atoms with Crippen molar-refractivity contribution >= 4 is 0 Å². The summed E-state index contributed by atoms with van der Waals surface area (Å²) < 4.78 is 26.8. The first kappa shape index (κ1) is 21.2. The largest absolute Gasteiger partial charge is 0.493 e. The maximum atomic E-state index is 10.4. The molecule has 7 heteroatoms. The van der Waals surface area contributed by atoms with Crippen LogP contribution in [0.2, 0.25) is 0 Å². The van der Waals surface area contributed by atoms with Crippen molar-refractivity contribution < 1.29 is 28.5 Å². The third-order valence-electron chi connectivity index (χ3n) is 4.09. The molecule has 0 saturated heterocycles. The normalized spacial score (nSPS) is 12.3. The highest BCUT2D eigenvalue weighted by Crippen LogP contribution is 2.31. The lowest BCUT2D eigenvalue weighted by atomic mass is 10.1. The molecule has 1 unspecified atom stereocenters. The summed E-state index contributed by atoms with van der Waals surface area (Å²) in [6, 6.07) is 9.42. The first-order valence-electron chi connectivity index (χ1n) is 8.87. The van der Waals surface area contributed by atoms with E-state index in [0.717, 1.165) is 11.3 Å². The molecule has 0 saturated carbocycles. The number of rotatable bonds is 13. The number of hydrogen-bond donors (Lipinski definition) is 1. The quantitative estimate of drug-likeness (QED) is 0.572. The minimum Gasteiger partial charge on any atom is -0.493 e. The standard InChI is InChI=1S/C20H29NO6/c1-23-11-9-21(12-16-6-4-8-19(24-2)20(16)25-3)13-17(22)14-26-15-18-7-5-10-27-18/h4-8,10,17,22H,9,11-15H2,1-3H3. The van der Waals surface area contributed by atoms with E-state index < -0.39 is 6.10 Å². The van der Waals surface area contributed by atoms with E-state index in [1.54, 1.807) is 27.6 Å². The van der Waals surface area contributed by atoms with Crippen LogP contribution in [0.25, 0.3) is 0 Å². The number of aliphatic hydroxyl groups is 1. The van der Waals surface area contributed by atoms with E-state index in [9.17, 15) is 5.11 Å². The third kappa shape index (κ3) is 6.88. The lowest BCUT2D eigenvalue weighted by molar-refractivity contribution is 0.000376. The Balaban J connectivity index is 1.93. The second-order valence-corrected chi connectivity index (χ2v) is 6.13. The highest BCUT2D eigenvalue weighted by atomic mass is 16.5. The van der Waals surface area contributed by atoms with Crippen molar-refractivity contribution in [3.05, 3.63) is 47.9 Å². The molecule has 2 rings (SSSR count). The van der Waals surface area contributed by atoms with Crippen LogP contribution in [-0.4, -0.2) is 63.7 Å². The number of para-hydroxylation sites is 1. The summed E-state index contributed by atoms with van der Waals surface area (Å²) in [5.41, 5.74) is 0.983. The van der Waals surface area contributed by atoms with Gasteiger partial charge in [-0.2, -0.15) is 0 Å². The van der Waals surface area contributed by atoms with Crippen molar-refractivity contribution in [2.24, 2.45) is 0 Å². The number of methoxy groups -OCH3 is 3. The van der Waals surface area contributed by atoms with E-state index in [4.69, 9.17) is 23.4 Å². The maximum Gasteiger partial charge on any atom is 0.165 e. The molecule has 27 heavy (non-hydrogen) atoms. The van der Waals surface area contributed by atoms with Crippen LogP contribution in [0.15, 0.2) is 41.0 Å². The molecule has 0 amide bonds. The highest BCUT2D eigenvalue weighted by Gasteiger charge is 2.17. The number of benzene rings is 1. The summed E-state index contributed by atoms with van der Waals surface area (Å²) in [5.74, 6) is 2.12. The van der Waals surface area contributed by atoms with E-state index in [2.05, 4.69) is 4.90 Å². The topological polar surface area (TPSA) is 73.5 Å². The van der Waals surface area contributed by atoms with Gasteiger partial charge in [0.15, 0.2) is 11.5 Å². The van der Waals surface area contributed by atoms with Crippen LogP contribution in [-0.2, 0) is 22.6 Å². The molecule has 150 valence electrons. The predicted molar refractivity (Wildman–Crippen MR) is 101 cm³/mol. The summed E-state index contributed by atoms with van der Waals surface area (Å²) in [6.07, 6.45) is 0.969. The summed E-state index contributed by atoms with van der Waals surface area (Å²) in [4.78, 5) is 2.10. The molecule has 1 aromatic carbocycles. The number of ether oxygens (including phenoxy) is 4. The molecule has 7 nitrogen and oxygen atoms in total. The van der Waals surface area contributed by atoms with Crippen molar-refractivity contribution in [2.45, 2.75) is 19.3 Å². The van der Waals surface area contributed by atoms with Crippen molar-refractivity contribution in [3.63, 3.8) is 0 Å². The fourth-order valence-corrected chi connectivity index (χ4v) is 2.82. The van der Waals surface area contributed by atoms with Crippen molar-refractivity contribution in [1.29, 1.82) is 0 Å². The van der Waals surface area contributed by atoms with Crippen LogP contribution in [0.3, 0.4) is 0 Å². The molecule has 0 aliphatic carbocycles. The summed E-state index contributed by atoms with van der Waals surface area (Å²) >= 11 is 0. The molecular formula is C20H29NO6. The lowest BCUT2D eigenvalue weighted by Gasteiger charge is -2.26. The average Bonchev–Trinajstić information content (AvgIpc) is 3.19. The number of furan rings is 1. The van der Waals surface area contributed by atoms with Gasteiger partial charge in [0.1, 0.15) is 12.4 Å². The fraction of sp³-hybridized carbons (Fsp3) is 0.500. The molecule has 1 heterocycles. The van der Waals surface area contributed by atoms with Gasteiger partial charge in [-0.1, -0.05) is 12.1 Å². The molecule has 1 N–H and O–H groups in total. The minimum atomic E-state index is -0.631. The monoisotopic (exact) mass is 379 g/mol. The highest BCUT2D eigenvalue weighted by molar-refractivity contribution is 5.46. The lowest BCUT2D eigenvalue weighted by Crippen LogP contribution is -2.36. The summed E-state index contributed by atoms with van der Waals surface area (Å²) in [7, 11) is 4.90. The Labute approximate surface area is 160 Å². The van der Waals surface area contributed by atoms with Gasteiger partial charge in [-0.3, -0.25) is 4.90 Å². The van der Waals surface area contributed by atoms with Crippen molar-refractivity contribution in [2.75, 3.05) is 47.6 Å². The predicted octanol–water partition coefficient (Wildman–Crippen LogP) is 2.32. The van der Waals surface area contributed by atoms with Crippen LogP contribution >= 0.6 is 0 Å². The Morgan fingerprint density at radius 2 is 1.96 bits per heavy atom. The maximum absolute atomic E-state index is 10.4. The summed E-state index contributed by atoms with van der Waals surface area (Å²) in [6.45, 7) is 2.84. The number of nitrogens with zero attached hydrogens (tertiary/aromatic N) is 1. The van der Waals surface area contributed by atoms with Gasteiger partial charge in [0.2, 0.25) is 0 Å². The van der Waals surface area contributed by atoms with Crippen LogP contribution in [0, 0.1) is 0 Å². The molecule has 1 atom stereocenters. The SMILES string of the molecule is COCCN(Cc1cccc(OC)c1OC)CC(O)COCc1ccco1. The third-order valence-corrected chi connectivity index (χ3v) is 4.09. The molecule has 0 radical (unpaired) electrons. The van der Waals surface area contributed by atoms with Crippen molar-refractivity contribution in [1.82, 2.24) is 4.90 Å². The molecule has 0 aliphatic rings. The Bertz CT molecular complexity index is 646. The summed E-state index contributed by atoms with van der Waals surface area (Å²) in [5, 5.41) is 10.4. The molecule has 0 aliphatic heterocycles. The Kier molecular flexibility index (Phi) is 9.13. The van der Waals surface area contributed by atoms with Crippen molar-refractivity contribution in [3.8, 4) is 11.5 Å². The minimum absolute atomic E-state index is 0.222. The first-order valence-corrected chi connectivity index (χ1v) is 8.87. The van der Waals surface area contributed by atoms with Gasteiger partial charge in [-0.15, -0.1) is 0 Å². The van der Waals surface area contributed by atoms with Gasteiger partial charge in [0.25, 0.3) is 0 Å². The molecule has 2 aromatic rings. The van der Waals surface area contributed by atoms with E-state index >= 15 is 0 Å². The van der Waals surface area contributed by atoms with Gasteiger partial charge in [-0.05, 0) is 18.2 Å². The van der Waals surface area contributed by atoms with Gasteiger partial charge in [0.05, 0.1) is 39.8 Å². The smallest absolute Gasteiger partial charge is 0.165 e. The molecule has 0 bridgehead atoms. The molecular weight excluding hydrogens is 350 g/mol. The van der Waals surface area contributed by atoms with Gasteiger partial charge < -0.3 is 28.5 Å². The van der Waals surface area contributed by atoms with Crippen LogP contribution < -0.4 is 9.47 Å². The van der Waals surface area contributed by atoms with E-state index in [1.165, 1.54) is 0 Å². The molecule has 0 spiro atoms. The second kappa shape index (κ2) is 11.6. The average molecular weight is 379 g/mol. The van der Waals surface area contributed by atoms with Gasteiger partial charge in [-0.25, -0.2) is 0 Å². The molecule has 0 fully saturated rings. The van der Waals surface area contributed by atoms with E-state index in [0.29, 0.717) is 44.3 Å². The van der Waals surface area contributed by atoms with Crippen LogP contribution in [0.5, 0.6) is 11.5 Å². The first-order chi connectivity index (χ1) is 13.2.